The molecule has 0 atom stereocenters. The molecule has 0 unspecified atom stereocenters. The lowest BCUT2D eigenvalue weighted by Crippen LogP contribution is -2.44. The standard InChI is InChI=1S/2C11H21NO2/c1-7-11(5,6)9(14)12-8(13)10(2,3)4;1-5-7-8-9(13)12-10(14)11(3,4)6-2/h7H2,1-6H3,(H,12,13,14);5-8H2,1-4H3,(H,12,13,14). The Morgan fingerprint density at radius 1 is 0.643 bits per heavy atom. The number of rotatable bonds is 7. The summed E-state index contributed by atoms with van der Waals surface area (Å²) in [4.78, 5) is 45.9. The van der Waals surface area contributed by atoms with Crippen LogP contribution in [0.25, 0.3) is 0 Å². The summed E-state index contributed by atoms with van der Waals surface area (Å²) >= 11 is 0. The number of imide groups is 2. The highest BCUT2D eigenvalue weighted by Crippen LogP contribution is 2.21. The van der Waals surface area contributed by atoms with Gasteiger partial charge in [0.2, 0.25) is 23.6 Å². The highest BCUT2D eigenvalue weighted by molar-refractivity contribution is 5.99. The van der Waals surface area contributed by atoms with Gasteiger partial charge in [0.25, 0.3) is 0 Å². The van der Waals surface area contributed by atoms with Crippen molar-refractivity contribution in [2.45, 2.75) is 101 Å². The first-order chi connectivity index (χ1) is 12.5. The highest BCUT2D eigenvalue weighted by Gasteiger charge is 2.30. The Hall–Kier alpha value is -1.72. The summed E-state index contributed by atoms with van der Waals surface area (Å²) in [5.41, 5.74) is -1.43. The normalized spacial score (nSPS) is 11.8. The molecular weight excluding hydrogens is 356 g/mol. The fraction of sp³-hybridized carbons (Fsp3) is 0.818. The highest BCUT2D eigenvalue weighted by atomic mass is 16.2. The summed E-state index contributed by atoms with van der Waals surface area (Å²) in [6.07, 6.45) is 3.71. The first-order valence-electron chi connectivity index (χ1n) is 10.2. The van der Waals surface area contributed by atoms with E-state index in [0.717, 1.165) is 25.7 Å². The number of carbonyl (C=O) groups excluding carboxylic acids is 4. The van der Waals surface area contributed by atoms with Crippen LogP contribution in [-0.4, -0.2) is 23.6 Å². The molecule has 0 aliphatic carbocycles. The Balaban J connectivity index is 0. The maximum atomic E-state index is 11.6. The van der Waals surface area contributed by atoms with Gasteiger partial charge in [-0.3, -0.25) is 29.8 Å². The predicted octanol–water partition coefficient (Wildman–Crippen LogP) is 4.37. The molecule has 6 heteroatoms. The second-order valence-corrected chi connectivity index (χ2v) is 9.49. The quantitative estimate of drug-likeness (QED) is 0.666. The maximum Gasteiger partial charge on any atom is 0.232 e. The van der Waals surface area contributed by atoms with Crippen LogP contribution in [0.1, 0.15) is 101 Å². The summed E-state index contributed by atoms with van der Waals surface area (Å²) in [5, 5.41) is 4.86. The molecule has 0 rings (SSSR count). The van der Waals surface area contributed by atoms with Gasteiger partial charge in [0.05, 0.1) is 0 Å². The van der Waals surface area contributed by atoms with E-state index in [-0.39, 0.29) is 23.6 Å². The molecule has 0 spiro atoms. The van der Waals surface area contributed by atoms with E-state index in [1.165, 1.54) is 0 Å². The first-order valence-corrected chi connectivity index (χ1v) is 10.2. The Morgan fingerprint density at radius 2 is 1.04 bits per heavy atom. The van der Waals surface area contributed by atoms with Gasteiger partial charge in [-0.2, -0.15) is 0 Å². The lowest BCUT2D eigenvalue weighted by Gasteiger charge is -2.24. The predicted molar refractivity (Wildman–Crippen MR) is 113 cm³/mol. The van der Waals surface area contributed by atoms with Crippen LogP contribution >= 0.6 is 0 Å². The summed E-state index contributed by atoms with van der Waals surface area (Å²) in [6.45, 7) is 18.6. The minimum atomic E-state index is -0.514. The number of hydrogen-bond acceptors (Lipinski definition) is 4. The Bertz CT molecular complexity index is 543. The Labute approximate surface area is 171 Å². The Morgan fingerprint density at radius 3 is 1.36 bits per heavy atom. The summed E-state index contributed by atoms with van der Waals surface area (Å²) in [5.74, 6) is -0.733. The van der Waals surface area contributed by atoms with Crippen molar-refractivity contribution in [1.82, 2.24) is 10.6 Å². The van der Waals surface area contributed by atoms with Gasteiger partial charge in [-0.15, -0.1) is 0 Å². The fourth-order valence-electron chi connectivity index (χ4n) is 1.48. The zero-order chi connectivity index (χ0) is 22.8. The number of nitrogens with one attached hydrogen (secondary N) is 2. The molecule has 0 radical (unpaired) electrons. The molecule has 0 bridgehead atoms. The second kappa shape index (κ2) is 12.0. The minimum Gasteiger partial charge on any atom is -0.296 e. The van der Waals surface area contributed by atoms with Crippen LogP contribution in [0.4, 0.5) is 0 Å². The van der Waals surface area contributed by atoms with Gasteiger partial charge in [-0.05, 0) is 19.3 Å². The van der Waals surface area contributed by atoms with E-state index < -0.39 is 16.2 Å². The SMILES string of the molecule is CCC(C)(C)C(=O)NC(=O)C(C)(C)C.CCCCC(=O)NC(=O)C(C)(C)CC. The first kappa shape index (κ1) is 28.5. The summed E-state index contributed by atoms with van der Waals surface area (Å²) < 4.78 is 0. The third kappa shape index (κ3) is 11.2. The van der Waals surface area contributed by atoms with E-state index in [1.807, 2.05) is 48.5 Å². The fourth-order valence-corrected chi connectivity index (χ4v) is 1.48. The molecule has 2 N–H and O–H groups in total. The van der Waals surface area contributed by atoms with Crippen LogP contribution in [-0.2, 0) is 19.2 Å². The van der Waals surface area contributed by atoms with Crippen LogP contribution < -0.4 is 10.6 Å². The second-order valence-electron chi connectivity index (χ2n) is 9.49. The van der Waals surface area contributed by atoms with Gasteiger partial charge in [-0.1, -0.05) is 75.7 Å². The minimum absolute atomic E-state index is 0.154. The van der Waals surface area contributed by atoms with Crippen molar-refractivity contribution < 1.29 is 19.2 Å². The number of carbonyl (C=O) groups is 4. The van der Waals surface area contributed by atoms with Gasteiger partial charge in [0.15, 0.2) is 0 Å². The van der Waals surface area contributed by atoms with Crippen LogP contribution in [0.5, 0.6) is 0 Å². The molecule has 0 saturated heterocycles. The zero-order valence-electron chi connectivity index (χ0n) is 19.7. The van der Waals surface area contributed by atoms with Crippen molar-refractivity contribution in [3.63, 3.8) is 0 Å². The van der Waals surface area contributed by atoms with Crippen molar-refractivity contribution >= 4 is 23.6 Å². The van der Waals surface area contributed by atoms with Crippen molar-refractivity contribution in [2.75, 3.05) is 0 Å². The number of hydrogen-bond donors (Lipinski definition) is 2. The van der Waals surface area contributed by atoms with Gasteiger partial charge < -0.3 is 0 Å². The van der Waals surface area contributed by atoms with Crippen molar-refractivity contribution in [3.8, 4) is 0 Å². The van der Waals surface area contributed by atoms with Gasteiger partial charge in [0, 0.05) is 22.7 Å². The van der Waals surface area contributed by atoms with Crippen molar-refractivity contribution in [2.24, 2.45) is 16.2 Å². The largest absolute Gasteiger partial charge is 0.296 e. The van der Waals surface area contributed by atoms with E-state index in [4.69, 9.17) is 0 Å². The molecule has 28 heavy (non-hydrogen) atoms. The van der Waals surface area contributed by atoms with Gasteiger partial charge in [0.1, 0.15) is 0 Å². The average molecular weight is 399 g/mol. The van der Waals surface area contributed by atoms with E-state index in [0.29, 0.717) is 6.42 Å². The average Bonchev–Trinajstić information content (AvgIpc) is 2.59. The number of amides is 4. The smallest absolute Gasteiger partial charge is 0.232 e. The molecule has 164 valence electrons. The lowest BCUT2D eigenvalue weighted by molar-refractivity contribution is -0.140. The van der Waals surface area contributed by atoms with Crippen LogP contribution in [0.3, 0.4) is 0 Å². The van der Waals surface area contributed by atoms with Crippen LogP contribution in [0, 0.1) is 16.2 Å². The van der Waals surface area contributed by atoms with E-state index >= 15 is 0 Å². The van der Waals surface area contributed by atoms with Crippen LogP contribution in [0.15, 0.2) is 0 Å². The Kier molecular flexibility index (Phi) is 12.2. The lowest BCUT2D eigenvalue weighted by atomic mass is 9.88. The van der Waals surface area contributed by atoms with Crippen molar-refractivity contribution in [1.29, 1.82) is 0 Å². The molecule has 4 amide bonds. The molecule has 0 aromatic carbocycles. The van der Waals surface area contributed by atoms with Crippen molar-refractivity contribution in [3.05, 3.63) is 0 Å². The van der Waals surface area contributed by atoms with E-state index in [1.54, 1.807) is 20.8 Å². The third-order valence-electron chi connectivity index (χ3n) is 4.92. The van der Waals surface area contributed by atoms with Gasteiger partial charge >= 0.3 is 0 Å². The summed E-state index contributed by atoms with van der Waals surface area (Å²) in [6, 6.07) is 0. The van der Waals surface area contributed by atoms with Gasteiger partial charge in [-0.25, -0.2) is 0 Å². The molecule has 0 saturated carbocycles. The zero-order valence-corrected chi connectivity index (χ0v) is 19.7. The maximum absolute atomic E-state index is 11.6. The molecule has 0 aliphatic rings. The molecular formula is C22H42N2O4. The topological polar surface area (TPSA) is 92.3 Å². The molecule has 0 aromatic heterocycles. The third-order valence-corrected chi connectivity index (χ3v) is 4.92. The number of unbranched alkanes of at least 4 members (excludes halogenated alkanes) is 1. The molecule has 0 aliphatic heterocycles. The van der Waals surface area contributed by atoms with Crippen LogP contribution in [0.2, 0.25) is 0 Å². The molecule has 0 aromatic rings. The molecule has 0 fully saturated rings. The molecule has 0 heterocycles. The summed E-state index contributed by atoms with van der Waals surface area (Å²) in [7, 11) is 0. The molecule has 6 nitrogen and oxygen atoms in total. The monoisotopic (exact) mass is 398 g/mol. The van der Waals surface area contributed by atoms with E-state index in [9.17, 15) is 19.2 Å². The van der Waals surface area contributed by atoms with E-state index in [2.05, 4.69) is 10.6 Å².